The zero-order chi connectivity index (χ0) is 35.0. The van der Waals surface area contributed by atoms with Gasteiger partial charge in [-0.05, 0) is 56.4 Å². The van der Waals surface area contributed by atoms with E-state index in [1.165, 1.54) is 6.26 Å². The van der Waals surface area contributed by atoms with Crippen LogP contribution in [0.5, 0.6) is 11.5 Å². The number of unbranched alkanes of at least 4 members (excludes halogenated alkanes) is 4. The van der Waals surface area contributed by atoms with Crippen molar-refractivity contribution in [3.05, 3.63) is 60.3 Å². The molecule has 0 radical (unpaired) electrons. The molecular weight excluding hydrogens is 649 g/mol. The Morgan fingerprint density at radius 3 is 2.21 bits per heavy atom. The maximum atomic E-state index is 12.0. The Balaban J connectivity index is 0.000000261. The molecule has 1 amide bonds. The number of methoxy groups -OCH3 is 2. The van der Waals surface area contributed by atoms with Crippen LogP contribution in [0, 0.1) is 0 Å². The summed E-state index contributed by atoms with van der Waals surface area (Å²) in [7, 11) is 0.198. The van der Waals surface area contributed by atoms with E-state index in [0.717, 1.165) is 78.1 Å². The van der Waals surface area contributed by atoms with Crippen molar-refractivity contribution in [2.75, 3.05) is 63.8 Å². The van der Waals surface area contributed by atoms with E-state index in [4.69, 9.17) is 9.47 Å². The first-order chi connectivity index (χ1) is 22.9. The lowest BCUT2D eigenvalue weighted by atomic mass is 10.0. The number of ether oxygens (including phenoxy) is 2. The van der Waals surface area contributed by atoms with Gasteiger partial charge in [0.25, 0.3) is 0 Å². The molecular formula is C33H45F3N6O5S. The fraction of sp³-hybridized carbons (Fsp3) is 0.455. The fourth-order valence-corrected chi connectivity index (χ4v) is 5.48. The van der Waals surface area contributed by atoms with Gasteiger partial charge in [-0.25, -0.2) is 13.1 Å². The van der Waals surface area contributed by atoms with E-state index in [1.807, 2.05) is 41.7 Å². The molecule has 0 unspecified atom stereocenters. The third kappa shape index (κ3) is 12.4. The van der Waals surface area contributed by atoms with E-state index in [2.05, 4.69) is 37.8 Å². The van der Waals surface area contributed by atoms with Crippen LogP contribution < -0.4 is 35.5 Å². The van der Waals surface area contributed by atoms with Crippen molar-refractivity contribution in [1.82, 2.24) is 20.3 Å². The van der Waals surface area contributed by atoms with Gasteiger partial charge in [-0.15, -0.1) is 0 Å². The van der Waals surface area contributed by atoms with E-state index >= 15 is 0 Å². The number of halogens is 3. The fourth-order valence-electron chi connectivity index (χ4n) is 4.97. The average molecular weight is 695 g/mol. The number of nitrogens with one attached hydrogen (secondary N) is 5. The number of hydrogen-bond donors (Lipinski definition) is 5. The van der Waals surface area contributed by atoms with Gasteiger partial charge < -0.3 is 30.7 Å². The molecule has 11 nitrogen and oxygen atoms in total. The number of fused-ring (bicyclic) bond motifs is 2. The van der Waals surface area contributed by atoms with Crippen molar-refractivity contribution in [2.45, 2.75) is 44.7 Å². The predicted octanol–water partition coefficient (Wildman–Crippen LogP) is 5.27. The van der Waals surface area contributed by atoms with Crippen LogP contribution in [0.4, 0.5) is 24.5 Å². The summed E-state index contributed by atoms with van der Waals surface area (Å²) in [5.41, 5.74) is 4.96. The standard InChI is InChI=1S/C17H20F3N3O2.C16H25N3O3S/c1-25-14-7-5-6-12-13(8-11-22-15(12)14)21-9-3-2-4-10-23-16(24)17(18,19)20;1-22-15-8-6-7-13-14(9-12-18-16(13)15)17-10-4-3-5-11-19-23(2,20)21/h5-8,11H,2-4,9-10H2,1H3,(H,21,22)(H,23,24);6-9,17-19H,3-5,10-12H2,1-2H3. The third-order valence-electron chi connectivity index (χ3n) is 7.32. The number of amides is 1. The number of alkyl halides is 3. The van der Waals surface area contributed by atoms with Gasteiger partial charge in [0.05, 0.1) is 26.2 Å². The highest BCUT2D eigenvalue weighted by Gasteiger charge is 2.38. The topological polar surface area (TPSA) is 143 Å². The SMILES string of the molecule is COc1cccc2c(NCCCCCNC(=O)C(F)(F)F)ccnc12.COc1cccc2c1NCC=C2NCCCCCNS(C)(=O)=O. The second kappa shape index (κ2) is 18.9. The molecule has 48 heavy (non-hydrogen) atoms. The van der Waals surface area contributed by atoms with Crippen LogP contribution >= 0.6 is 0 Å². The molecule has 4 rings (SSSR count). The molecule has 0 bridgehead atoms. The number of carbonyl (C=O) groups excluding carboxylic acids is 1. The average Bonchev–Trinajstić information content (AvgIpc) is 3.06. The lowest BCUT2D eigenvalue weighted by molar-refractivity contribution is -0.173. The normalized spacial score (nSPS) is 12.5. The zero-order valence-electron chi connectivity index (χ0n) is 27.5. The van der Waals surface area contributed by atoms with Gasteiger partial charge in [0.1, 0.15) is 17.0 Å². The van der Waals surface area contributed by atoms with E-state index in [0.29, 0.717) is 31.7 Å². The van der Waals surface area contributed by atoms with Gasteiger partial charge in [0.15, 0.2) is 0 Å². The van der Waals surface area contributed by atoms with Crippen molar-refractivity contribution < 1.29 is 35.9 Å². The number of pyridine rings is 1. The molecule has 0 spiro atoms. The van der Waals surface area contributed by atoms with E-state index in [9.17, 15) is 26.4 Å². The molecule has 2 heterocycles. The summed E-state index contributed by atoms with van der Waals surface area (Å²) in [5.74, 6) is -0.342. The van der Waals surface area contributed by atoms with Gasteiger partial charge in [-0.3, -0.25) is 9.78 Å². The number of sulfonamides is 1. The molecule has 3 aromatic rings. The minimum absolute atomic E-state index is 0.0216. The number of carbonyl (C=O) groups is 1. The van der Waals surface area contributed by atoms with Crippen LogP contribution in [-0.4, -0.2) is 78.7 Å². The molecule has 0 fully saturated rings. The van der Waals surface area contributed by atoms with Crippen LogP contribution in [0.2, 0.25) is 0 Å². The summed E-state index contributed by atoms with van der Waals surface area (Å²) in [4.78, 5) is 15.0. The van der Waals surface area contributed by atoms with Crippen molar-refractivity contribution >= 4 is 43.9 Å². The number of para-hydroxylation sites is 2. The molecule has 0 saturated heterocycles. The van der Waals surface area contributed by atoms with Gasteiger partial charge in [-0.2, -0.15) is 13.2 Å². The Kier molecular flexibility index (Phi) is 15.1. The number of benzene rings is 2. The number of nitrogens with zero attached hydrogens (tertiary/aromatic N) is 1. The smallest absolute Gasteiger partial charge is 0.471 e. The van der Waals surface area contributed by atoms with Crippen molar-refractivity contribution in [2.24, 2.45) is 0 Å². The Labute approximate surface area is 280 Å². The number of aromatic nitrogens is 1. The Hall–Kier alpha value is -4.24. The first kappa shape index (κ1) is 38.2. The Morgan fingerprint density at radius 1 is 0.875 bits per heavy atom. The van der Waals surface area contributed by atoms with Crippen molar-refractivity contribution in [1.29, 1.82) is 0 Å². The minimum Gasteiger partial charge on any atom is -0.495 e. The highest BCUT2D eigenvalue weighted by Crippen LogP contribution is 2.34. The monoisotopic (exact) mass is 694 g/mol. The summed E-state index contributed by atoms with van der Waals surface area (Å²) in [6, 6.07) is 13.5. The van der Waals surface area contributed by atoms with Gasteiger partial charge in [-0.1, -0.05) is 30.7 Å². The Bertz CT molecular complexity index is 1620. The van der Waals surface area contributed by atoms with Crippen LogP contribution in [0.25, 0.3) is 16.6 Å². The largest absolute Gasteiger partial charge is 0.495 e. The second-order valence-electron chi connectivity index (χ2n) is 11.0. The first-order valence-electron chi connectivity index (χ1n) is 15.7. The third-order valence-corrected chi connectivity index (χ3v) is 8.05. The highest BCUT2D eigenvalue weighted by atomic mass is 32.2. The molecule has 15 heteroatoms. The van der Waals surface area contributed by atoms with Crippen molar-refractivity contribution in [3.8, 4) is 11.5 Å². The summed E-state index contributed by atoms with van der Waals surface area (Å²) in [6.07, 6.45) is 4.99. The molecule has 1 aromatic heterocycles. The molecule has 5 N–H and O–H groups in total. The lowest BCUT2D eigenvalue weighted by Crippen LogP contribution is -2.37. The summed E-state index contributed by atoms with van der Waals surface area (Å²) in [5, 5.41) is 12.9. The van der Waals surface area contributed by atoms with E-state index in [1.54, 1.807) is 20.4 Å². The van der Waals surface area contributed by atoms with Crippen LogP contribution in [0.3, 0.4) is 0 Å². The summed E-state index contributed by atoms with van der Waals surface area (Å²) in [6.45, 7) is 2.83. The molecule has 0 saturated carbocycles. The molecule has 1 aliphatic rings. The van der Waals surface area contributed by atoms with Gasteiger partial charge in [0.2, 0.25) is 10.0 Å². The lowest BCUT2D eigenvalue weighted by Gasteiger charge is -2.22. The number of hydrogen-bond acceptors (Lipinski definition) is 9. The first-order valence-corrected chi connectivity index (χ1v) is 17.6. The van der Waals surface area contributed by atoms with Crippen molar-refractivity contribution in [3.63, 3.8) is 0 Å². The highest BCUT2D eigenvalue weighted by molar-refractivity contribution is 7.88. The van der Waals surface area contributed by atoms with Crippen LogP contribution in [-0.2, 0) is 14.8 Å². The second-order valence-corrected chi connectivity index (χ2v) is 12.8. The molecule has 1 aliphatic heterocycles. The van der Waals surface area contributed by atoms with Crippen LogP contribution in [0.1, 0.15) is 44.1 Å². The molecule has 2 aromatic carbocycles. The summed E-state index contributed by atoms with van der Waals surface area (Å²) < 4.78 is 71.1. The molecule has 0 aliphatic carbocycles. The molecule has 0 atom stereocenters. The molecule has 264 valence electrons. The quantitative estimate of drug-likeness (QED) is 0.119. The van der Waals surface area contributed by atoms with E-state index in [-0.39, 0.29) is 6.54 Å². The zero-order valence-corrected chi connectivity index (χ0v) is 28.3. The predicted molar refractivity (Wildman–Crippen MR) is 184 cm³/mol. The van der Waals surface area contributed by atoms with Gasteiger partial charge in [0, 0.05) is 61.3 Å². The Morgan fingerprint density at radius 2 is 1.52 bits per heavy atom. The minimum atomic E-state index is -4.81. The number of anilines is 2. The maximum absolute atomic E-state index is 12.0. The van der Waals surface area contributed by atoms with Gasteiger partial charge >= 0.3 is 12.1 Å². The van der Waals surface area contributed by atoms with E-state index < -0.39 is 22.1 Å². The van der Waals surface area contributed by atoms with Crippen LogP contribution in [0.15, 0.2) is 54.7 Å². The number of rotatable bonds is 17. The maximum Gasteiger partial charge on any atom is 0.471 e. The summed E-state index contributed by atoms with van der Waals surface area (Å²) >= 11 is 0.